The second kappa shape index (κ2) is 6.32. The second-order valence-electron chi connectivity index (χ2n) is 5.81. The average molecular weight is 315 g/mol. The summed E-state index contributed by atoms with van der Waals surface area (Å²) < 4.78 is 12.0. The molecule has 2 aromatic rings. The van der Waals surface area contributed by atoms with Crippen LogP contribution in [0.1, 0.15) is 34.7 Å². The number of methoxy groups -OCH3 is 2. The van der Waals surface area contributed by atoms with E-state index in [2.05, 4.69) is 22.5 Å². The summed E-state index contributed by atoms with van der Waals surface area (Å²) in [5, 5.41) is 7.10. The standard InChI is InChI=1S/C17H21N3O3/c1-20-17(23-3)15(10-18-20)16(21)19-13-7-12(8-13)11-5-4-6-14(9-11)22-2/h4-6,9-10,12-13H,7-8H2,1-3H3,(H,19,21). The van der Waals surface area contributed by atoms with E-state index in [0.29, 0.717) is 17.4 Å². The fourth-order valence-corrected chi connectivity index (χ4v) is 2.99. The van der Waals surface area contributed by atoms with Crippen LogP contribution in [0.3, 0.4) is 0 Å². The highest BCUT2D eigenvalue weighted by molar-refractivity contribution is 5.96. The number of hydrogen-bond donors (Lipinski definition) is 1. The lowest BCUT2D eigenvalue weighted by Gasteiger charge is -2.36. The van der Waals surface area contributed by atoms with Gasteiger partial charge >= 0.3 is 0 Å². The number of rotatable bonds is 5. The van der Waals surface area contributed by atoms with Crippen molar-refractivity contribution in [3.8, 4) is 11.6 Å². The molecule has 3 rings (SSSR count). The van der Waals surface area contributed by atoms with Crippen molar-refractivity contribution < 1.29 is 14.3 Å². The maximum Gasteiger partial charge on any atom is 0.258 e. The van der Waals surface area contributed by atoms with Gasteiger partial charge in [-0.1, -0.05) is 12.1 Å². The SMILES string of the molecule is COc1cccc(C2CC(NC(=O)c3cnn(C)c3OC)C2)c1. The normalized spacial score (nSPS) is 19.8. The molecule has 1 heterocycles. The first-order chi connectivity index (χ1) is 11.1. The van der Waals surface area contributed by atoms with Gasteiger partial charge in [0.1, 0.15) is 11.3 Å². The second-order valence-corrected chi connectivity index (χ2v) is 5.81. The number of ether oxygens (including phenoxy) is 2. The van der Waals surface area contributed by atoms with Crippen molar-refractivity contribution in [2.45, 2.75) is 24.8 Å². The van der Waals surface area contributed by atoms with Crippen molar-refractivity contribution in [3.05, 3.63) is 41.6 Å². The third-order valence-electron chi connectivity index (χ3n) is 4.36. The van der Waals surface area contributed by atoms with Crippen molar-refractivity contribution in [2.75, 3.05) is 14.2 Å². The zero-order valence-corrected chi connectivity index (χ0v) is 13.6. The molecule has 23 heavy (non-hydrogen) atoms. The summed E-state index contributed by atoms with van der Waals surface area (Å²) >= 11 is 0. The molecule has 0 saturated heterocycles. The molecule has 1 aliphatic carbocycles. The molecule has 0 radical (unpaired) electrons. The van der Waals surface area contributed by atoms with Gasteiger partial charge in [0.2, 0.25) is 5.88 Å². The smallest absolute Gasteiger partial charge is 0.258 e. The minimum Gasteiger partial charge on any atom is -0.497 e. The maximum atomic E-state index is 12.3. The number of nitrogens with zero attached hydrogens (tertiary/aromatic N) is 2. The Kier molecular flexibility index (Phi) is 4.23. The fraction of sp³-hybridized carbons (Fsp3) is 0.412. The molecule has 0 unspecified atom stereocenters. The van der Waals surface area contributed by atoms with Crippen LogP contribution in [-0.4, -0.2) is 35.9 Å². The molecule has 0 bridgehead atoms. The van der Waals surface area contributed by atoms with Crippen LogP contribution in [0.4, 0.5) is 0 Å². The molecular weight excluding hydrogens is 294 g/mol. The van der Waals surface area contributed by atoms with Crippen LogP contribution in [0.15, 0.2) is 30.5 Å². The first kappa shape index (κ1) is 15.4. The van der Waals surface area contributed by atoms with Gasteiger partial charge in [-0.3, -0.25) is 4.79 Å². The third kappa shape index (κ3) is 3.02. The number of nitrogens with one attached hydrogen (secondary N) is 1. The molecule has 122 valence electrons. The summed E-state index contributed by atoms with van der Waals surface area (Å²) in [6.45, 7) is 0. The lowest BCUT2D eigenvalue weighted by Crippen LogP contribution is -2.43. The number of hydrogen-bond acceptors (Lipinski definition) is 4. The Morgan fingerprint density at radius 2 is 2.09 bits per heavy atom. The molecule has 6 nitrogen and oxygen atoms in total. The number of amides is 1. The van der Waals surface area contributed by atoms with Gasteiger partial charge in [0.25, 0.3) is 5.91 Å². The minimum atomic E-state index is -0.135. The van der Waals surface area contributed by atoms with E-state index in [4.69, 9.17) is 9.47 Å². The Bertz CT molecular complexity index is 705. The van der Waals surface area contributed by atoms with Gasteiger partial charge in [0.15, 0.2) is 0 Å². The number of aromatic nitrogens is 2. The van der Waals surface area contributed by atoms with E-state index in [1.54, 1.807) is 18.8 Å². The molecule has 1 saturated carbocycles. The van der Waals surface area contributed by atoms with Crippen molar-refractivity contribution in [2.24, 2.45) is 7.05 Å². The molecule has 1 fully saturated rings. The van der Waals surface area contributed by atoms with E-state index >= 15 is 0 Å². The van der Waals surface area contributed by atoms with Gasteiger partial charge in [-0.25, -0.2) is 4.68 Å². The Hall–Kier alpha value is -2.50. The fourth-order valence-electron chi connectivity index (χ4n) is 2.99. The Balaban J connectivity index is 1.58. The van der Waals surface area contributed by atoms with Crippen LogP contribution in [0.25, 0.3) is 0 Å². The van der Waals surface area contributed by atoms with Gasteiger partial charge in [0.05, 0.1) is 20.4 Å². The summed E-state index contributed by atoms with van der Waals surface area (Å²) in [4.78, 5) is 12.3. The number of carbonyl (C=O) groups excluding carboxylic acids is 1. The van der Waals surface area contributed by atoms with E-state index in [0.717, 1.165) is 18.6 Å². The zero-order valence-electron chi connectivity index (χ0n) is 13.6. The van der Waals surface area contributed by atoms with Crippen molar-refractivity contribution in [3.63, 3.8) is 0 Å². The molecular formula is C17H21N3O3. The topological polar surface area (TPSA) is 65.4 Å². The van der Waals surface area contributed by atoms with E-state index in [9.17, 15) is 4.79 Å². The highest BCUT2D eigenvalue weighted by Crippen LogP contribution is 2.38. The lowest BCUT2D eigenvalue weighted by molar-refractivity contribution is 0.0905. The van der Waals surface area contributed by atoms with E-state index < -0.39 is 0 Å². The molecule has 1 aromatic carbocycles. The molecule has 6 heteroatoms. The predicted molar refractivity (Wildman–Crippen MR) is 86.0 cm³/mol. The van der Waals surface area contributed by atoms with E-state index in [1.807, 2.05) is 12.1 Å². The number of benzene rings is 1. The molecule has 0 aliphatic heterocycles. The van der Waals surface area contributed by atoms with Gasteiger partial charge < -0.3 is 14.8 Å². The van der Waals surface area contributed by atoms with Gasteiger partial charge in [0, 0.05) is 13.1 Å². The summed E-state index contributed by atoms with van der Waals surface area (Å²) in [5.74, 6) is 1.68. The van der Waals surface area contributed by atoms with E-state index in [1.165, 1.54) is 18.9 Å². The van der Waals surface area contributed by atoms with Crippen molar-refractivity contribution in [1.29, 1.82) is 0 Å². The molecule has 0 atom stereocenters. The van der Waals surface area contributed by atoms with Crippen LogP contribution in [0.5, 0.6) is 11.6 Å². The van der Waals surface area contributed by atoms with E-state index in [-0.39, 0.29) is 11.9 Å². The van der Waals surface area contributed by atoms with Crippen LogP contribution < -0.4 is 14.8 Å². The quantitative estimate of drug-likeness (QED) is 0.918. The summed E-state index contributed by atoms with van der Waals surface area (Å²) in [7, 11) is 4.96. The first-order valence-corrected chi connectivity index (χ1v) is 7.63. The predicted octanol–water partition coefficient (Wildman–Crippen LogP) is 2.11. The van der Waals surface area contributed by atoms with Crippen molar-refractivity contribution >= 4 is 5.91 Å². The summed E-state index contributed by atoms with van der Waals surface area (Å²) in [5.41, 5.74) is 1.73. The Labute approximate surface area is 135 Å². The Morgan fingerprint density at radius 3 is 2.78 bits per heavy atom. The van der Waals surface area contributed by atoms with Gasteiger partial charge in [-0.15, -0.1) is 0 Å². The first-order valence-electron chi connectivity index (χ1n) is 7.63. The maximum absolute atomic E-state index is 12.3. The van der Waals surface area contributed by atoms with Crippen LogP contribution in [0, 0.1) is 0 Å². The van der Waals surface area contributed by atoms with Gasteiger partial charge in [-0.2, -0.15) is 5.10 Å². The molecule has 1 aliphatic rings. The Morgan fingerprint density at radius 1 is 1.30 bits per heavy atom. The highest BCUT2D eigenvalue weighted by Gasteiger charge is 2.32. The largest absolute Gasteiger partial charge is 0.497 e. The van der Waals surface area contributed by atoms with Crippen molar-refractivity contribution in [1.82, 2.24) is 15.1 Å². The third-order valence-corrected chi connectivity index (χ3v) is 4.36. The van der Waals surface area contributed by atoms with Crippen LogP contribution in [0.2, 0.25) is 0 Å². The molecule has 1 aromatic heterocycles. The van der Waals surface area contributed by atoms with Crippen LogP contribution in [-0.2, 0) is 7.05 Å². The molecule has 1 amide bonds. The van der Waals surface area contributed by atoms with Crippen LogP contribution >= 0.6 is 0 Å². The summed E-state index contributed by atoms with van der Waals surface area (Å²) in [6.07, 6.45) is 3.40. The van der Waals surface area contributed by atoms with Gasteiger partial charge in [-0.05, 0) is 36.5 Å². The molecule has 0 spiro atoms. The molecule has 1 N–H and O–H groups in total. The average Bonchev–Trinajstić information content (AvgIpc) is 2.91. The number of aryl methyl sites for hydroxylation is 1. The minimum absolute atomic E-state index is 0.135. The lowest BCUT2D eigenvalue weighted by atomic mass is 9.76. The monoisotopic (exact) mass is 315 g/mol. The zero-order chi connectivity index (χ0) is 16.4. The highest BCUT2D eigenvalue weighted by atomic mass is 16.5. The summed E-state index contributed by atoms with van der Waals surface area (Å²) in [6, 6.07) is 8.29. The number of carbonyl (C=O) groups is 1.